The molecule has 0 saturated carbocycles. The third kappa shape index (κ3) is 5.84. The third-order valence-corrected chi connectivity index (χ3v) is 7.93. The molecule has 7 rings (SSSR count). The number of rotatable bonds is 7. The van der Waals surface area contributed by atoms with Crippen molar-refractivity contribution < 1.29 is 0 Å². The van der Waals surface area contributed by atoms with Crippen LogP contribution in [0.25, 0.3) is 44.5 Å². The van der Waals surface area contributed by atoms with Crippen LogP contribution in [0.5, 0.6) is 0 Å². The summed E-state index contributed by atoms with van der Waals surface area (Å²) in [5.74, 6) is 0. The Morgan fingerprint density at radius 1 is 0.273 bits per heavy atom. The average molecular weight is 560 g/mol. The molecular weight excluding hydrogens is 529 g/mol. The summed E-state index contributed by atoms with van der Waals surface area (Å²) in [5.41, 5.74) is 13.2. The van der Waals surface area contributed by atoms with E-state index < -0.39 is 0 Å². The van der Waals surface area contributed by atoms with Crippen molar-refractivity contribution in [2.45, 2.75) is 0 Å². The number of benzene rings is 7. The van der Waals surface area contributed by atoms with Crippen LogP contribution in [0.2, 0.25) is 0 Å². The molecule has 206 valence electrons. The van der Waals surface area contributed by atoms with Crippen LogP contribution in [-0.2, 0) is 0 Å². The van der Waals surface area contributed by atoms with Crippen LogP contribution in [-0.4, -0.2) is 7.85 Å². The van der Waals surface area contributed by atoms with E-state index in [1.807, 2.05) is 12.1 Å². The Balaban J connectivity index is 1.50. The van der Waals surface area contributed by atoms with Crippen molar-refractivity contribution in [3.8, 4) is 44.5 Å². The first-order valence-corrected chi connectivity index (χ1v) is 14.9. The summed E-state index contributed by atoms with van der Waals surface area (Å²) >= 11 is 0. The molecule has 0 bridgehead atoms. The summed E-state index contributed by atoms with van der Waals surface area (Å²) in [6.07, 6.45) is 0. The van der Waals surface area contributed by atoms with E-state index >= 15 is 0 Å². The maximum Gasteiger partial charge on any atom is 0.113 e. The fourth-order valence-electron chi connectivity index (χ4n) is 5.74. The van der Waals surface area contributed by atoms with Crippen LogP contribution in [0.1, 0.15) is 0 Å². The minimum absolute atomic E-state index is 0.736. The second-order valence-corrected chi connectivity index (χ2v) is 10.9. The van der Waals surface area contributed by atoms with Crippen LogP contribution < -0.4 is 10.4 Å². The van der Waals surface area contributed by atoms with E-state index in [0.717, 1.165) is 44.8 Å². The van der Waals surface area contributed by atoms with Crippen LogP contribution in [0.3, 0.4) is 0 Å². The summed E-state index contributed by atoms with van der Waals surface area (Å²) < 4.78 is 0. The third-order valence-electron chi connectivity index (χ3n) is 7.93. The molecule has 7 aromatic carbocycles. The van der Waals surface area contributed by atoms with Gasteiger partial charge in [0.15, 0.2) is 0 Å². The summed E-state index contributed by atoms with van der Waals surface area (Å²) in [4.78, 5) is 2.34. The largest absolute Gasteiger partial charge is 0.310 e. The van der Waals surface area contributed by atoms with Crippen molar-refractivity contribution in [1.29, 1.82) is 0 Å². The summed E-state index contributed by atoms with van der Waals surface area (Å²) in [5, 5.41) is 0. The fraction of sp³-hybridized carbons (Fsp3) is 0. The van der Waals surface area contributed by atoms with Gasteiger partial charge in [0.25, 0.3) is 0 Å². The van der Waals surface area contributed by atoms with Gasteiger partial charge in [-0.05, 0) is 93.0 Å². The normalized spacial score (nSPS) is 10.8. The van der Waals surface area contributed by atoms with Crippen LogP contribution in [0.15, 0.2) is 182 Å². The molecular formula is C42H30BN. The first-order valence-electron chi connectivity index (χ1n) is 14.9. The maximum absolute atomic E-state index is 6.19. The monoisotopic (exact) mass is 559 g/mol. The standard InChI is InChI=1S/C42H30BN/c43-39-21-23-40(24-22-39)44(41-27-35(31-13-5-1-6-14-31)25-36(28-41)32-15-7-2-8-16-32)42-29-37(33-17-9-3-10-18-33)26-38(30-42)34-19-11-4-12-20-34/h1-30H. The molecule has 0 fully saturated rings. The van der Waals surface area contributed by atoms with Gasteiger partial charge in [-0.25, -0.2) is 0 Å². The van der Waals surface area contributed by atoms with Crippen LogP contribution >= 0.6 is 0 Å². The predicted octanol–water partition coefficient (Wildman–Crippen LogP) is 10.6. The number of anilines is 3. The molecule has 0 heterocycles. The van der Waals surface area contributed by atoms with Crippen molar-refractivity contribution in [3.63, 3.8) is 0 Å². The van der Waals surface area contributed by atoms with Crippen molar-refractivity contribution in [3.05, 3.63) is 182 Å². The van der Waals surface area contributed by atoms with Crippen molar-refractivity contribution >= 4 is 30.4 Å². The number of hydrogen-bond acceptors (Lipinski definition) is 1. The fourth-order valence-corrected chi connectivity index (χ4v) is 5.74. The van der Waals surface area contributed by atoms with Gasteiger partial charge in [0, 0.05) is 17.1 Å². The highest BCUT2D eigenvalue weighted by Crippen LogP contribution is 2.42. The van der Waals surface area contributed by atoms with Crippen molar-refractivity contribution in [2.75, 3.05) is 4.90 Å². The molecule has 0 aliphatic rings. The molecule has 0 aromatic heterocycles. The van der Waals surface area contributed by atoms with Gasteiger partial charge in [0.2, 0.25) is 0 Å². The van der Waals surface area contributed by atoms with Gasteiger partial charge in [0.05, 0.1) is 0 Å². The lowest BCUT2D eigenvalue weighted by atomic mass is 9.94. The molecule has 1 nitrogen and oxygen atoms in total. The Bertz CT molecular complexity index is 1740. The lowest BCUT2D eigenvalue weighted by molar-refractivity contribution is 1.29. The lowest BCUT2D eigenvalue weighted by Gasteiger charge is -2.28. The Kier molecular flexibility index (Phi) is 7.64. The zero-order chi connectivity index (χ0) is 29.7. The van der Waals surface area contributed by atoms with Crippen molar-refractivity contribution in [2.24, 2.45) is 0 Å². The number of nitrogens with zero attached hydrogens (tertiary/aromatic N) is 1. The molecule has 0 aliphatic carbocycles. The molecule has 7 aromatic rings. The van der Waals surface area contributed by atoms with Gasteiger partial charge in [-0.3, -0.25) is 0 Å². The molecule has 2 radical (unpaired) electrons. The van der Waals surface area contributed by atoms with Gasteiger partial charge < -0.3 is 4.90 Å². The van der Waals surface area contributed by atoms with Gasteiger partial charge in [-0.1, -0.05) is 139 Å². The Morgan fingerprint density at radius 3 is 0.864 bits per heavy atom. The van der Waals surface area contributed by atoms with E-state index in [9.17, 15) is 0 Å². The van der Waals surface area contributed by atoms with Crippen LogP contribution in [0.4, 0.5) is 17.1 Å². The molecule has 2 heteroatoms. The molecule has 0 unspecified atom stereocenters. The average Bonchev–Trinajstić information content (AvgIpc) is 3.10. The maximum atomic E-state index is 6.19. The van der Waals surface area contributed by atoms with E-state index in [1.54, 1.807) is 0 Å². The second-order valence-electron chi connectivity index (χ2n) is 10.9. The summed E-state index contributed by atoms with van der Waals surface area (Å²) in [6, 6.07) is 64.2. The summed E-state index contributed by atoms with van der Waals surface area (Å²) in [6.45, 7) is 0. The SMILES string of the molecule is [B]c1ccc(N(c2cc(-c3ccccc3)cc(-c3ccccc3)c2)c2cc(-c3ccccc3)cc(-c3ccccc3)c2)cc1. The zero-order valence-electron chi connectivity index (χ0n) is 24.3. The van der Waals surface area contributed by atoms with E-state index in [2.05, 4.69) is 175 Å². The molecule has 0 N–H and O–H groups in total. The molecule has 0 amide bonds. The Morgan fingerprint density at radius 2 is 0.568 bits per heavy atom. The van der Waals surface area contributed by atoms with E-state index in [-0.39, 0.29) is 0 Å². The lowest BCUT2D eigenvalue weighted by Crippen LogP contribution is -2.12. The van der Waals surface area contributed by atoms with E-state index in [1.165, 1.54) is 22.3 Å². The minimum Gasteiger partial charge on any atom is -0.310 e. The van der Waals surface area contributed by atoms with E-state index in [0.29, 0.717) is 0 Å². The van der Waals surface area contributed by atoms with E-state index in [4.69, 9.17) is 7.85 Å². The quantitative estimate of drug-likeness (QED) is 0.176. The highest BCUT2D eigenvalue weighted by molar-refractivity contribution is 6.32. The zero-order valence-corrected chi connectivity index (χ0v) is 24.3. The van der Waals surface area contributed by atoms with Gasteiger partial charge in [0.1, 0.15) is 7.85 Å². The first-order chi connectivity index (χ1) is 21.7. The number of hydrogen-bond donors (Lipinski definition) is 0. The Hall–Kier alpha value is -5.60. The molecule has 44 heavy (non-hydrogen) atoms. The highest BCUT2D eigenvalue weighted by Gasteiger charge is 2.18. The molecule has 0 saturated heterocycles. The molecule has 0 aliphatic heterocycles. The van der Waals surface area contributed by atoms with Gasteiger partial charge >= 0.3 is 0 Å². The molecule has 0 spiro atoms. The topological polar surface area (TPSA) is 3.24 Å². The van der Waals surface area contributed by atoms with Gasteiger partial charge in [-0.2, -0.15) is 0 Å². The summed E-state index contributed by atoms with van der Waals surface area (Å²) in [7, 11) is 6.19. The smallest absolute Gasteiger partial charge is 0.113 e. The van der Waals surface area contributed by atoms with Crippen molar-refractivity contribution in [1.82, 2.24) is 0 Å². The first kappa shape index (κ1) is 27.3. The highest BCUT2D eigenvalue weighted by atomic mass is 15.1. The Labute approximate surface area is 261 Å². The minimum atomic E-state index is 0.736. The molecule has 0 atom stereocenters. The second kappa shape index (κ2) is 12.3. The van der Waals surface area contributed by atoms with Crippen LogP contribution in [0, 0.1) is 0 Å². The van der Waals surface area contributed by atoms with Gasteiger partial charge in [-0.15, -0.1) is 0 Å². The predicted molar refractivity (Wildman–Crippen MR) is 188 cm³/mol.